The van der Waals surface area contributed by atoms with Gasteiger partial charge in [-0.3, -0.25) is 4.79 Å². The van der Waals surface area contributed by atoms with E-state index in [-0.39, 0.29) is 5.75 Å². The third kappa shape index (κ3) is 3.70. The molecule has 0 atom stereocenters. The first-order valence-corrected chi connectivity index (χ1v) is 8.20. The molecule has 1 N–H and O–H groups in total. The predicted molar refractivity (Wildman–Crippen MR) is 89.7 cm³/mol. The van der Waals surface area contributed by atoms with Gasteiger partial charge in [0.2, 0.25) is 0 Å². The van der Waals surface area contributed by atoms with Crippen molar-refractivity contribution in [3.8, 4) is 11.5 Å². The Bertz CT molecular complexity index is 571. The minimum Gasteiger partial charge on any atom is -0.508 e. The predicted octanol–water partition coefficient (Wildman–Crippen LogP) is 4.90. The zero-order chi connectivity index (χ0) is 16.2. The molecule has 1 aromatic carbocycles. The maximum atomic E-state index is 11.6. The van der Waals surface area contributed by atoms with Crippen LogP contribution in [0.4, 0.5) is 0 Å². The number of hydrogen-bond donors (Lipinski definition) is 1. The molecule has 0 aromatic heterocycles. The largest absolute Gasteiger partial charge is 0.508 e. The molecule has 0 bridgehead atoms. The van der Waals surface area contributed by atoms with Crippen LogP contribution in [0.3, 0.4) is 0 Å². The summed E-state index contributed by atoms with van der Waals surface area (Å²) in [6.07, 6.45) is 11.1. The molecule has 1 aliphatic heterocycles. The first-order valence-electron chi connectivity index (χ1n) is 8.20. The molecule has 22 heavy (non-hydrogen) atoms. The number of carbonyl (C=O) groups excluding carboxylic acids is 1. The molecule has 3 heteroatoms. The Hall–Kier alpha value is -1.77. The summed E-state index contributed by atoms with van der Waals surface area (Å²) < 4.78 is 5.95. The Morgan fingerprint density at radius 1 is 1.23 bits per heavy atom. The van der Waals surface area contributed by atoms with Gasteiger partial charge < -0.3 is 9.84 Å². The van der Waals surface area contributed by atoms with E-state index in [2.05, 4.69) is 6.92 Å². The van der Waals surface area contributed by atoms with Crippen molar-refractivity contribution in [3.05, 3.63) is 28.8 Å². The fourth-order valence-corrected chi connectivity index (χ4v) is 2.85. The summed E-state index contributed by atoms with van der Waals surface area (Å²) >= 11 is 0. The maximum absolute atomic E-state index is 11.6. The van der Waals surface area contributed by atoms with Crippen LogP contribution in [-0.4, -0.2) is 17.0 Å². The Balaban J connectivity index is 2.24. The van der Waals surface area contributed by atoms with E-state index in [0.29, 0.717) is 17.7 Å². The standard InChI is InChI=1S/C19H26O3/c1-4-5-6-7-8-9-15-16(13-20)18-14(12-17(15)21)10-11-19(2,3)22-18/h10-13,21H,4-9H2,1-3H3. The van der Waals surface area contributed by atoms with E-state index in [0.717, 1.165) is 30.3 Å². The molecule has 0 saturated carbocycles. The van der Waals surface area contributed by atoms with Crippen LogP contribution in [0.25, 0.3) is 6.08 Å². The lowest BCUT2D eigenvalue weighted by Gasteiger charge is -2.29. The molecular weight excluding hydrogens is 276 g/mol. The van der Waals surface area contributed by atoms with Crippen molar-refractivity contribution >= 4 is 12.4 Å². The van der Waals surface area contributed by atoms with Crippen LogP contribution in [0.5, 0.6) is 11.5 Å². The number of aldehydes is 1. The normalized spacial score (nSPS) is 15.2. The van der Waals surface area contributed by atoms with Gasteiger partial charge >= 0.3 is 0 Å². The number of carbonyl (C=O) groups is 1. The molecule has 0 amide bonds. The smallest absolute Gasteiger partial charge is 0.154 e. The molecule has 3 nitrogen and oxygen atoms in total. The number of fused-ring (bicyclic) bond motifs is 1. The summed E-state index contributed by atoms with van der Waals surface area (Å²) in [7, 11) is 0. The second-order valence-electron chi connectivity index (χ2n) is 6.53. The van der Waals surface area contributed by atoms with Crippen molar-refractivity contribution in [1.82, 2.24) is 0 Å². The van der Waals surface area contributed by atoms with Crippen LogP contribution < -0.4 is 4.74 Å². The SMILES string of the molecule is CCCCCCCc1c(O)cc2c(c1C=O)OC(C)(C)C=C2. The minimum atomic E-state index is -0.430. The summed E-state index contributed by atoms with van der Waals surface area (Å²) in [6, 6.07) is 1.70. The van der Waals surface area contributed by atoms with Gasteiger partial charge in [-0.15, -0.1) is 0 Å². The van der Waals surface area contributed by atoms with E-state index in [1.165, 1.54) is 19.3 Å². The molecule has 0 spiro atoms. The number of hydrogen-bond acceptors (Lipinski definition) is 3. The lowest BCUT2D eigenvalue weighted by molar-refractivity contribution is 0.110. The van der Waals surface area contributed by atoms with Crippen LogP contribution >= 0.6 is 0 Å². The van der Waals surface area contributed by atoms with Crippen LogP contribution in [-0.2, 0) is 6.42 Å². The average molecular weight is 302 g/mol. The number of phenolic OH excluding ortho intramolecular Hbond substituents is 1. The van der Waals surface area contributed by atoms with Crippen molar-refractivity contribution in [2.24, 2.45) is 0 Å². The summed E-state index contributed by atoms with van der Waals surface area (Å²) in [5.41, 5.74) is 1.56. The quantitative estimate of drug-likeness (QED) is 0.575. The van der Waals surface area contributed by atoms with Crippen LogP contribution in [0, 0.1) is 0 Å². The molecule has 120 valence electrons. The van der Waals surface area contributed by atoms with Gasteiger partial charge in [-0.05, 0) is 38.8 Å². The van der Waals surface area contributed by atoms with Crippen molar-refractivity contribution in [1.29, 1.82) is 0 Å². The Kier molecular flexibility index (Phi) is 5.28. The third-order valence-electron chi connectivity index (χ3n) is 4.11. The third-order valence-corrected chi connectivity index (χ3v) is 4.11. The van der Waals surface area contributed by atoms with Crippen LogP contribution in [0.15, 0.2) is 12.1 Å². The topological polar surface area (TPSA) is 46.5 Å². The van der Waals surface area contributed by atoms with Gasteiger partial charge in [0.05, 0.1) is 5.56 Å². The van der Waals surface area contributed by atoms with E-state index in [9.17, 15) is 9.90 Å². The number of aromatic hydroxyl groups is 1. The molecule has 1 aromatic rings. The second kappa shape index (κ2) is 6.99. The molecule has 1 aliphatic rings. The first-order chi connectivity index (χ1) is 10.5. The van der Waals surface area contributed by atoms with Gasteiger partial charge in [0.15, 0.2) is 6.29 Å². The highest BCUT2D eigenvalue weighted by atomic mass is 16.5. The fourth-order valence-electron chi connectivity index (χ4n) is 2.85. The van der Waals surface area contributed by atoms with Crippen molar-refractivity contribution in [3.63, 3.8) is 0 Å². The average Bonchev–Trinajstić information content (AvgIpc) is 2.47. The highest BCUT2D eigenvalue weighted by Crippen LogP contribution is 2.39. The Labute approximate surface area is 133 Å². The van der Waals surface area contributed by atoms with Gasteiger partial charge in [0.1, 0.15) is 17.1 Å². The number of rotatable bonds is 7. The van der Waals surface area contributed by atoms with Crippen molar-refractivity contribution in [2.75, 3.05) is 0 Å². The Morgan fingerprint density at radius 2 is 1.95 bits per heavy atom. The first kappa shape index (κ1) is 16.6. The van der Waals surface area contributed by atoms with Gasteiger partial charge in [0.25, 0.3) is 0 Å². The van der Waals surface area contributed by atoms with E-state index in [1.807, 2.05) is 26.0 Å². The van der Waals surface area contributed by atoms with Crippen molar-refractivity contribution < 1.29 is 14.6 Å². The summed E-state index contributed by atoms with van der Waals surface area (Å²) in [5.74, 6) is 0.799. The van der Waals surface area contributed by atoms with Gasteiger partial charge in [0, 0.05) is 11.1 Å². The summed E-state index contributed by atoms with van der Waals surface area (Å²) in [4.78, 5) is 11.6. The molecule has 0 saturated heterocycles. The molecule has 0 radical (unpaired) electrons. The summed E-state index contributed by atoms with van der Waals surface area (Å²) in [5, 5.41) is 10.3. The Morgan fingerprint density at radius 3 is 2.64 bits per heavy atom. The molecule has 0 unspecified atom stereocenters. The van der Waals surface area contributed by atoms with Gasteiger partial charge in [-0.25, -0.2) is 0 Å². The maximum Gasteiger partial charge on any atom is 0.154 e. The minimum absolute atomic E-state index is 0.198. The number of unbranched alkanes of at least 4 members (excludes halogenated alkanes) is 4. The number of benzene rings is 1. The molecular formula is C19H26O3. The monoisotopic (exact) mass is 302 g/mol. The van der Waals surface area contributed by atoms with Crippen LogP contribution in [0.1, 0.15) is 74.4 Å². The van der Waals surface area contributed by atoms with Gasteiger partial charge in [-0.2, -0.15) is 0 Å². The zero-order valence-corrected chi connectivity index (χ0v) is 13.8. The van der Waals surface area contributed by atoms with E-state index in [4.69, 9.17) is 4.74 Å². The number of ether oxygens (including phenoxy) is 1. The van der Waals surface area contributed by atoms with Crippen LogP contribution in [0.2, 0.25) is 0 Å². The van der Waals surface area contributed by atoms with E-state index >= 15 is 0 Å². The molecule has 1 heterocycles. The van der Waals surface area contributed by atoms with E-state index < -0.39 is 5.60 Å². The molecule has 0 fully saturated rings. The highest BCUT2D eigenvalue weighted by Gasteiger charge is 2.26. The van der Waals surface area contributed by atoms with E-state index in [1.54, 1.807) is 6.07 Å². The lowest BCUT2D eigenvalue weighted by Crippen LogP contribution is -2.28. The zero-order valence-electron chi connectivity index (χ0n) is 13.8. The summed E-state index contributed by atoms with van der Waals surface area (Å²) in [6.45, 7) is 6.10. The van der Waals surface area contributed by atoms with Gasteiger partial charge in [-0.1, -0.05) is 38.7 Å². The van der Waals surface area contributed by atoms with Crippen molar-refractivity contribution in [2.45, 2.75) is 64.9 Å². The highest BCUT2D eigenvalue weighted by molar-refractivity contribution is 5.87. The second-order valence-corrected chi connectivity index (χ2v) is 6.53. The number of phenols is 1. The molecule has 2 rings (SSSR count). The molecule has 0 aliphatic carbocycles. The fraction of sp³-hybridized carbons (Fsp3) is 0.526. The lowest BCUT2D eigenvalue weighted by atomic mass is 9.93.